The van der Waals surface area contributed by atoms with Gasteiger partial charge in [-0.25, -0.2) is 9.51 Å². The van der Waals surface area contributed by atoms with E-state index in [4.69, 9.17) is 19.9 Å². The van der Waals surface area contributed by atoms with Crippen LogP contribution in [-0.4, -0.2) is 43.0 Å². The Morgan fingerprint density at radius 1 is 1.32 bits per heavy atom. The van der Waals surface area contributed by atoms with Gasteiger partial charge in [-0.2, -0.15) is 5.10 Å². The van der Waals surface area contributed by atoms with Gasteiger partial charge in [-0.15, -0.1) is 0 Å². The fraction of sp³-hybridized carbons (Fsp3) is 0.440. The van der Waals surface area contributed by atoms with Crippen molar-refractivity contribution in [1.29, 1.82) is 0 Å². The zero-order valence-corrected chi connectivity index (χ0v) is 23.4. The number of hydrogen-bond donors (Lipinski definition) is 2. The molecule has 0 unspecified atom stereocenters. The Morgan fingerprint density at radius 3 is 2.74 bits per heavy atom. The molecule has 1 aliphatic heterocycles. The number of hydrogen-bond acceptors (Lipinski definition) is 5. The highest BCUT2D eigenvalue weighted by Crippen LogP contribution is 2.38. The summed E-state index contributed by atoms with van der Waals surface area (Å²) < 4.78 is 14.8. The van der Waals surface area contributed by atoms with Crippen molar-refractivity contribution < 1.29 is 9.16 Å². The number of nitrogens with zero attached hydrogens (tertiary/aromatic N) is 3. The van der Waals surface area contributed by atoms with Gasteiger partial charge in [0.2, 0.25) is 8.32 Å². The highest BCUT2D eigenvalue weighted by Gasteiger charge is 2.39. The van der Waals surface area contributed by atoms with E-state index in [0.717, 1.165) is 51.3 Å². The van der Waals surface area contributed by atoms with Crippen molar-refractivity contribution >= 4 is 47.0 Å². The number of aryl methyl sites for hydroxylation is 1. The van der Waals surface area contributed by atoms with Gasteiger partial charge in [0, 0.05) is 17.3 Å². The summed E-state index contributed by atoms with van der Waals surface area (Å²) in [6, 6.07) is 8.26. The lowest BCUT2D eigenvalue weighted by atomic mass is 10.1. The van der Waals surface area contributed by atoms with Crippen LogP contribution in [0.5, 0.6) is 5.75 Å². The highest BCUT2D eigenvalue weighted by atomic mass is 79.9. The maximum atomic E-state index is 6.56. The van der Waals surface area contributed by atoms with E-state index in [2.05, 4.69) is 60.2 Å². The Kier molecular flexibility index (Phi) is 6.81. The van der Waals surface area contributed by atoms with E-state index < -0.39 is 8.32 Å². The summed E-state index contributed by atoms with van der Waals surface area (Å²) in [5.74, 6) is 1.29. The van der Waals surface area contributed by atoms with Gasteiger partial charge in [-0.3, -0.25) is 0 Å². The topological polar surface area (TPSA) is 86.2 Å². The molecule has 0 bridgehead atoms. The summed E-state index contributed by atoms with van der Waals surface area (Å²) in [6.07, 6.45) is 4.64. The second kappa shape index (κ2) is 9.35. The fourth-order valence-corrected chi connectivity index (χ4v) is 5.11. The molecule has 1 saturated heterocycles. The monoisotopic (exact) mass is 543 g/mol. The molecule has 3 N–H and O–H groups in total. The predicted octanol–water partition coefficient (Wildman–Crippen LogP) is 6.03. The third-order valence-electron chi connectivity index (χ3n) is 6.75. The quantitative estimate of drug-likeness (QED) is 0.225. The van der Waals surface area contributed by atoms with Crippen LogP contribution in [0.3, 0.4) is 0 Å². The Balaban J connectivity index is 1.67. The first-order chi connectivity index (χ1) is 15.9. The van der Waals surface area contributed by atoms with Gasteiger partial charge in [-0.05, 0) is 77.2 Å². The lowest BCUT2D eigenvalue weighted by molar-refractivity contribution is 0.195. The summed E-state index contributed by atoms with van der Waals surface area (Å²) in [6.45, 7) is 14.7. The number of aromatic nitrogens is 2. The molecular formula is C25H34BrN5O2Si. The Labute approximate surface area is 211 Å². The molecule has 1 aromatic carbocycles. The largest absolute Gasteiger partial charge is 0.543 e. The van der Waals surface area contributed by atoms with Gasteiger partial charge >= 0.3 is 0 Å². The number of ether oxygens (including phenoxy) is 1. The van der Waals surface area contributed by atoms with E-state index in [1.807, 2.05) is 41.9 Å². The Hall–Kier alpha value is -2.36. The molecule has 0 amide bonds. The first-order valence-corrected chi connectivity index (χ1v) is 15.3. The third kappa shape index (κ3) is 5.16. The Morgan fingerprint density at radius 2 is 2.09 bits per heavy atom. The van der Waals surface area contributed by atoms with Crippen LogP contribution in [0.2, 0.25) is 18.1 Å². The zero-order valence-electron chi connectivity index (χ0n) is 20.8. The third-order valence-corrected chi connectivity index (χ3v) is 11.5. The van der Waals surface area contributed by atoms with Gasteiger partial charge in [0.05, 0.1) is 41.3 Å². The summed E-state index contributed by atoms with van der Waals surface area (Å²) in [5.41, 5.74) is 11.0. The molecule has 0 saturated carbocycles. The maximum absolute atomic E-state index is 6.56. The lowest BCUT2D eigenvalue weighted by Crippen LogP contribution is -2.43. The average molecular weight is 545 g/mol. The van der Waals surface area contributed by atoms with E-state index in [0.29, 0.717) is 12.4 Å². The van der Waals surface area contributed by atoms with Crippen LogP contribution in [0.15, 0.2) is 46.1 Å². The number of rotatable bonds is 6. The number of aliphatic imine (C=N–C) groups is 1. The highest BCUT2D eigenvalue weighted by molar-refractivity contribution is 9.10. The molecule has 7 nitrogen and oxygen atoms in total. The summed E-state index contributed by atoms with van der Waals surface area (Å²) in [5, 5.41) is 8.29. The van der Waals surface area contributed by atoms with Crippen LogP contribution in [0, 0.1) is 6.92 Å². The molecule has 4 rings (SSSR count). The minimum Gasteiger partial charge on any atom is -0.543 e. The molecule has 34 heavy (non-hydrogen) atoms. The van der Waals surface area contributed by atoms with Gasteiger partial charge in [0.15, 0.2) is 0 Å². The predicted molar refractivity (Wildman–Crippen MR) is 145 cm³/mol. The number of fused-ring (bicyclic) bond motifs is 1. The van der Waals surface area contributed by atoms with Crippen molar-refractivity contribution in [3.8, 4) is 5.75 Å². The van der Waals surface area contributed by atoms with Crippen molar-refractivity contribution in [3.63, 3.8) is 0 Å². The van der Waals surface area contributed by atoms with Crippen molar-refractivity contribution in [2.75, 3.05) is 18.5 Å². The van der Waals surface area contributed by atoms with Crippen LogP contribution in [0.25, 0.3) is 5.52 Å². The van der Waals surface area contributed by atoms with Crippen molar-refractivity contribution in [2.24, 2.45) is 10.7 Å². The molecule has 0 aliphatic carbocycles. The first kappa shape index (κ1) is 24.8. The van der Waals surface area contributed by atoms with Gasteiger partial charge in [0.1, 0.15) is 11.6 Å². The number of halogens is 1. The van der Waals surface area contributed by atoms with Gasteiger partial charge in [0.25, 0.3) is 0 Å². The number of benzene rings is 1. The minimum atomic E-state index is -1.91. The second-order valence-electron chi connectivity index (χ2n) is 10.4. The fourth-order valence-electron chi connectivity index (χ4n) is 3.68. The average Bonchev–Trinajstić information content (AvgIpc) is 3.38. The zero-order chi connectivity index (χ0) is 24.7. The minimum absolute atomic E-state index is 0.134. The van der Waals surface area contributed by atoms with Crippen LogP contribution in [-0.2, 0) is 4.74 Å². The second-order valence-corrected chi connectivity index (χ2v) is 16.1. The van der Waals surface area contributed by atoms with E-state index in [9.17, 15) is 0 Å². The van der Waals surface area contributed by atoms with Crippen molar-refractivity contribution in [3.05, 3.63) is 52.3 Å². The molecule has 3 heterocycles. The molecule has 1 aliphatic rings. The SMILES string of the molecule is Cc1cc(O[Si](C)(C)C(C)(C)C)ccc1N=C(N)c1cnn2cc(Br)cc2c1N[C@H]1CCOC1. The number of nitrogens with one attached hydrogen (secondary N) is 1. The standard InChI is InChI=1S/C25H34BrN5O2Si/c1-16-11-19(33-34(5,6)25(2,3)4)7-8-21(16)30-24(27)20-13-28-31-14-17(26)12-22(31)23(20)29-18-9-10-32-15-18/h7-8,11-14,18,29H,9-10,15H2,1-6H3,(H2,27,30)/t18-/m0/s1. The molecule has 0 spiro atoms. The number of nitrogens with two attached hydrogens (primary N) is 1. The summed E-state index contributed by atoms with van der Waals surface area (Å²) >= 11 is 3.55. The van der Waals surface area contributed by atoms with E-state index >= 15 is 0 Å². The summed E-state index contributed by atoms with van der Waals surface area (Å²) in [7, 11) is -1.91. The maximum Gasteiger partial charge on any atom is 0.250 e. The van der Waals surface area contributed by atoms with Crippen LogP contribution in [0.4, 0.5) is 11.4 Å². The molecule has 3 aromatic rings. The van der Waals surface area contributed by atoms with Crippen LogP contribution < -0.4 is 15.5 Å². The van der Waals surface area contributed by atoms with Gasteiger partial charge < -0.3 is 20.2 Å². The van der Waals surface area contributed by atoms with Crippen molar-refractivity contribution in [2.45, 2.75) is 58.3 Å². The Bertz CT molecular complexity index is 1230. The first-order valence-electron chi connectivity index (χ1n) is 11.6. The lowest BCUT2D eigenvalue weighted by Gasteiger charge is -2.36. The molecule has 1 atom stereocenters. The molecule has 1 fully saturated rings. The van der Waals surface area contributed by atoms with E-state index in [1.165, 1.54) is 0 Å². The number of amidine groups is 1. The van der Waals surface area contributed by atoms with Crippen LogP contribution >= 0.6 is 15.9 Å². The normalized spacial score (nSPS) is 17.4. The van der Waals surface area contributed by atoms with Crippen LogP contribution in [0.1, 0.15) is 38.3 Å². The van der Waals surface area contributed by atoms with E-state index in [-0.39, 0.29) is 11.1 Å². The smallest absolute Gasteiger partial charge is 0.250 e. The number of anilines is 1. The summed E-state index contributed by atoms with van der Waals surface area (Å²) in [4.78, 5) is 4.78. The molecule has 2 aromatic heterocycles. The molecule has 182 valence electrons. The molecular weight excluding hydrogens is 510 g/mol. The van der Waals surface area contributed by atoms with Crippen molar-refractivity contribution in [1.82, 2.24) is 9.61 Å². The molecule has 9 heteroatoms. The molecule has 0 radical (unpaired) electrons. The van der Waals surface area contributed by atoms with E-state index in [1.54, 1.807) is 6.20 Å². The van der Waals surface area contributed by atoms with Gasteiger partial charge in [-0.1, -0.05) is 20.8 Å².